The Hall–Kier alpha value is -0.570. The molecule has 0 radical (unpaired) electrons. The molecule has 0 heterocycles. The molecule has 0 spiro atoms. The van der Waals surface area contributed by atoms with Gasteiger partial charge in [-0.25, -0.2) is 4.79 Å². The molecule has 0 saturated heterocycles. The van der Waals surface area contributed by atoms with E-state index >= 15 is 0 Å². The van der Waals surface area contributed by atoms with Gasteiger partial charge in [0.1, 0.15) is 0 Å². The summed E-state index contributed by atoms with van der Waals surface area (Å²) in [6.07, 6.45) is 4.63. The van der Waals surface area contributed by atoms with Crippen LogP contribution in [0.2, 0.25) is 0 Å². The number of hydrogen-bond donors (Lipinski definition) is 1. The second-order valence-electron chi connectivity index (χ2n) is 5.75. The minimum absolute atomic E-state index is 0.0794. The molecule has 0 aromatic heterocycles. The Bertz CT molecular complexity index is 287. The number of hydrogen-bond acceptors (Lipinski definition) is 3. The zero-order valence-electron chi connectivity index (χ0n) is 10.4. The maximum atomic E-state index is 11.9. The second kappa shape index (κ2) is 4.02. The van der Waals surface area contributed by atoms with Crippen molar-refractivity contribution in [3.8, 4) is 0 Å². The van der Waals surface area contributed by atoms with Gasteiger partial charge >= 0.3 is 5.97 Å². The summed E-state index contributed by atoms with van der Waals surface area (Å²) < 4.78 is 4.81. The Balaban J connectivity index is 2.23. The van der Waals surface area contributed by atoms with Crippen LogP contribution in [0, 0.1) is 23.7 Å². The number of rotatable bonds is 3. The zero-order chi connectivity index (χ0) is 11.9. The topological polar surface area (TPSA) is 46.5 Å². The van der Waals surface area contributed by atoms with E-state index < -0.39 is 11.6 Å². The van der Waals surface area contributed by atoms with Crippen molar-refractivity contribution in [2.75, 3.05) is 7.11 Å². The SMILES string of the molecule is COC(=O)C(O)(C(C)C)C1CC2CCC1C2. The Kier molecular flexibility index (Phi) is 2.99. The largest absolute Gasteiger partial charge is 0.467 e. The van der Waals surface area contributed by atoms with Gasteiger partial charge in [-0.2, -0.15) is 0 Å². The van der Waals surface area contributed by atoms with E-state index in [2.05, 4.69) is 0 Å². The summed E-state index contributed by atoms with van der Waals surface area (Å²) in [6, 6.07) is 0. The molecule has 92 valence electrons. The van der Waals surface area contributed by atoms with Crippen molar-refractivity contribution >= 4 is 5.97 Å². The molecule has 1 N–H and O–H groups in total. The molecule has 0 aromatic rings. The van der Waals surface area contributed by atoms with Gasteiger partial charge in [-0.1, -0.05) is 20.3 Å². The molecule has 3 nitrogen and oxygen atoms in total. The summed E-state index contributed by atoms with van der Waals surface area (Å²) in [5.74, 6) is 0.837. The third kappa shape index (κ3) is 1.56. The molecule has 3 heteroatoms. The molecule has 2 saturated carbocycles. The Labute approximate surface area is 97.2 Å². The minimum atomic E-state index is -1.27. The van der Waals surface area contributed by atoms with Crippen molar-refractivity contribution in [3.63, 3.8) is 0 Å². The van der Waals surface area contributed by atoms with Crippen molar-refractivity contribution in [3.05, 3.63) is 0 Å². The van der Waals surface area contributed by atoms with Crippen LogP contribution >= 0.6 is 0 Å². The molecule has 2 bridgehead atoms. The lowest BCUT2D eigenvalue weighted by atomic mass is 9.71. The lowest BCUT2D eigenvalue weighted by Crippen LogP contribution is -2.52. The lowest BCUT2D eigenvalue weighted by molar-refractivity contribution is -0.178. The van der Waals surface area contributed by atoms with E-state index in [1.54, 1.807) is 0 Å². The molecule has 0 amide bonds. The second-order valence-corrected chi connectivity index (χ2v) is 5.75. The van der Waals surface area contributed by atoms with Crippen LogP contribution in [-0.4, -0.2) is 23.8 Å². The van der Waals surface area contributed by atoms with E-state index in [4.69, 9.17) is 4.74 Å². The summed E-state index contributed by atoms with van der Waals surface area (Å²) >= 11 is 0. The van der Waals surface area contributed by atoms with E-state index in [1.807, 2.05) is 13.8 Å². The van der Waals surface area contributed by atoms with E-state index in [0.29, 0.717) is 5.92 Å². The standard InChI is InChI=1S/C13H22O3/c1-8(2)13(15,12(14)16-3)11-7-9-4-5-10(11)6-9/h8-11,15H,4-7H2,1-3H3. The molecule has 2 aliphatic rings. The normalized spacial score (nSPS) is 36.4. The maximum absolute atomic E-state index is 11.9. The Morgan fingerprint density at radius 1 is 1.38 bits per heavy atom. The average Bonchev–Trinajstić information content (AvgIpc) is 2.88. The maximum Gasteiger partial charge on any atom is 0.338 e. The number of methoxy groups -OCH3 is 1. The van der Waals surface area contributed by atoms with Crippen LogP contribution < -0.4 is 0 Å². The van der Waals surface area contributed by atoms with E-state index in [-0.39, 0.29) is 11.8 Å². The molecular weight excluding hydrogens is 204 g/mol. The van der Waals surface area contributed by atoms with Crippen molar-refractivity contribution in [2.45, 2.75) is 45.1 Å². The van der Waals surface area contributed by atoms with Gasteiger partial charge in [-0.3, -0.25) is 0 Å². The molecule has 2 fully saturated rings. The Morgan fingerprint density at radius 2 is 2.06 bits per heavy atom. The van der Waals surface area contributed by atoms with Crippen LogP contribution in [0.1, 0.15) is 39.5 Å². The number of esters is 1. The summed E-state index contributed by atoms with van der Waals surface area (Å²) in [6.45, 7) is 3.81. The smallest absolute Gasteiger partial charge is 0.338 e. The van der Waals surface area contributed by atoms with Crippen LogP contribution in [0.5, 0.6) is 0 Å². The van der Waals surface area contributed by atoms with Crippen LogP contribution in [0.25, 0.3) is 0 Å². The highest BCUT2D eigenvalue weighted by molar-refractivity contribution is 5.80. The predicted molar refractivity (Wildman–Crippen MR) is 60.7 cm³/mol. The molecule has 4 atom stereocenters. The van der Waals surface area contributed by atoms with Crippen molar-refractivity contribution in [2.24, 2.45) is 23.7 Å². The van der Waals surface area contributed by atoms with E-state index in [0.717, 1.165) is 12.3 Å². The monoisotopic (exact) mass is 226 g/mol. The summed E-state index contributed by atoms with van der Waals surface area (Å²) in [5.41, 5.74) is -1.27. The van der Waals surface area contributed by atoms with Gasteiger partial charge in [0.25, 0.3) is 0 Å². The van der Waals surface area contributed by atoms with E-state index in [1.165, 1.54) is 26.4 Å². The van der Waals surface area contributed by atoms with Gasteiger partial charge in [-0.05, 0) is 37.0 Å². The van der Waals surface area contributed by atoms with Gasteiger partial charge in [-0.15, -0.1) is 0 Å². The van der Waals surface area contributed by atoms with Crippen molar-refractivity contribution in [1.82, 2.24) is 0 Å². The third-order valence-corrected chi connectivity index (χ3v) is 4.70. The molecule has 0 aliphatic heterocycles. The fraction of sp³-hybridized carbons (Fsp3) is 0.923. The number of ether oxygens (including phenoxy) is 1. The van der Waals surface area contributed by atoms with Crippen LogP contribution in [0.3, 0.4) is 0 Å². The lowest BCUT2D eigenvalue weighted by Gasteiger charge is -2.39. The number of carbonyl (C=O) groups is 1. The highest BCUT2D eigenvalue weighted by atomic mass is 16.5. The molecule has 0 aromatic carbocycles. The first-order valence-electron chi connectivity index (χ1n) is 6.30. The van der Waals surface area contributed by atoms with Gasteiger partial charge in [0.2, 0.25) is 0 Å². The first-order chi connectivity index (χ1) is 7.50. The number of aliphatic hydroxyl groups is 1. The van der Waals surface area contributed by atoms with Crippen LogP contribution in [0.15, 0.2) is 0 Å². The van der Waals surface area contributed by atoms with Gasteiger partial charge in [0.05, 0.1) is 7.11 Å². The van der Waals surface area contributed by atoms with Gasteiger partial charge in [0, 0.05) is 5.92 Å². The predicted octanol–water partition coefficient (Wildman–Crippen LogP) is 1.98. The summed E-state index contributed by atoms with van der Waals surface area (Å²) in [5, 5.41) is 10.7. The van der Waals surface area contributed by atoms with Crippen LogP contribution in [-0.2, 0) is 9.53 Å². The van der Waals surface area contributed by atoms with Gasteiger partial charge in [0.15, 0.2) is 5.60 Å². The zero-order valence-corrected chi connectivity index (χ0v) is 10.4. The highest BCUT2D eigenvalue weighted by Crippen LogP contribution is 2.53. The van der Waals surface area contributed by atoms with Crippen molar-refractivity contribution < 1.29 is 14.6 Å². The summed E-state index contributed by atoms with van der Waals surface area (Å²) in [7, 11) is 1.36. The van der Waals surface area contributed by atoms with Gasteiger partial charge < -0.3 is 9.84 Å². The fourth-order valence-electron chi connectivity index (χ4n) is 3.76. The quantitative estimate of drug-likeness (QED) is 0.748. The number of fused-ring (bicyclic) bond motifs is 2. The molecule has 2 rings (SSSR count). The van der Waals surface area contributed by atoms with Crippen LogP contribution in [0.4, 0.5) is 0 Å². The fourth-order valence-corrected chi connectivity index (χ4v) is 3.76. The third-order valence-electron chi connectivity index (χ3n) is 4.70. The molecule has 16 heavy (non-hydrogen) atoms. The van der Waals surface area contributed by atoms with E-state index in [9.17, 15) is 9.90 Å². The molecule has 4 unspecified atom stereocenters. The van der Waals surface area contributed by atoms with Crippen molar-refractivity contribution in [1.29, 1.82) is 0 Å². The molecule has 2 aliphatic carbocycles. The first-order valence-corrected chi connectivity index (χ1v) is 6.30. The minimum Gasteiger partial charge on any atom is -0.467 e. The average molecular weight is 226 g/mol. The highest BCUT2D eigenvalue weighted by Gasteiger charge is 2.55. The Morgan fingerprint density at radius 3 is 2.44 bits per heavy atom. The summed E-state index contributed by atoms with van der Waals surface area (Å²) in [4.78, 5) is 11.9. The first kappa shape index (κ1) is 11.9. The number of carbonyl (C=O) groups excluding carboxylic acids is 1. The molecular formula is C13H22O3.